The van der Waals surface area contributed by atoms with Crippen LogP contribution in [-0.2, 0) is 4.74 Å². The Hall–Kier alpha value is -1.19. The molecule has 0 radical (unpaired) electrons. The molecule has 0 N–H and O–H groups in total. The Morgan fingerprint density at radius 3 is 2.59 bits per heavy atom. The van der Waals surface area contributed by atoms with Crippen molar-refractivity contribution < 1.29 is 9.53 Å². The zero-order valence-corrected chi connectivity index (χ0v) is 10.8. The van der Waals surface area contributed by atoms with E-state index >= 15 is 0 Å². The van der Waals surface area contributed by atoms with Crippen LogP contribution in [0.25, 0.3) is 0 Å². The molecule has 1 atom stereocenters. The van der Waals surface area contributed by atoms with Crippen molar-refractivity contribution >= 4 is 5.78 Å². The summed E-state index contributed by atoms with van der Waals surface area (Å²) in [6.45, 7) is 4.28. The number of ether oxygens (including phenoxy) is 1. The molecule has 1 unspecified atom stereocenters. The van der Waals surface area contributed by atoms with E-state index < -0.39 is 0 Å². The van der Waals surface area contributed by atoms with Crippen LogP contribution in [-0.4, -0.2) is 44.5 Å². The van der Waals surface area contributed by atoms with Crippen molar-refractivity contribution in [2.24, 2.45) is 5.92 Å². The molecular weight excluding hydrogens is 214 g/mol. The second-order valence-corrected chi connectivity index (χ2v) is 4.39. The first-order valence-corrected chi connectivity index (χ1v) is 5.92. The predicted octanol–water partition coefficient (Wildman–Crippen LogP) is 2.08. The van der Waals surface area contributed by atoms with Crippen molar-refractivity contribution in [3.63, 3.8) is 0 Å². The molecule has 0 heterocycles. The summed E-state index contributed by atoms with van der Waals surface area (Å²) in [5, 5.41) is 0. The maximum Gasteiger partial charge on any atom is 0.166 e. The van der Waals surface area contributed by atoms with Crippen LogP contribution < -0.4 is 0 Å². The number of rotatable bonds is 7. The average molecular weight is 235 g/mol. The molecule has 0 amide bonds. The molecule has 0 aliphatic carbocycles. The van der Waals surface area contributed by atoms with E-state index in [0.29, 0.717) is 6.61 Å². The molecule has 1 aromatic rings. The van der Waals surface area contributed by atoms with E-state index in [1.165, 1.54) is 0 Å². The first-order chi connectivity index (χ1) is 8.15. The summed E-state index contributed by atoms with van der Waals surface area (Å²) < 4.78 is 5.01. The predicted molar refractivity (Wildman–Crippen MR) is 69.3 cm³/mol. The Balaban J connectivity index is 2.47. The maximum atomic E-state index is 12.1. The van der Waals surface area contributed by atoms with Crippen molar-refractivity contribution in [1.82, 2.24) is 4.90 Å². The number of Topliss-reactive ketones (excluding diaryl/α,β-unsaturated/α-hetero) is 1. The van der Waals surface area contributed by atoms with Gasteiger partial charge in [-0.25, -0.2) is 0 Å². The van der Waals surface area contributed by atoms with Crippen molar-refractivity contribution in [2.75, 3.05) is 33.9 Å². The Kier molecular flexibility index (Phi) is 5.87. The number of benzene rings is 1. The third kappa shape index (κ3) is 4.67. The quantitative estimate of drug-likeness (QED) is 0.678. The van der Waals surface area contributed by atoms with Gasteiger partial charge in [0.2, 0.25) is 0 Å². The molecule has 0 saturated heterocycles. The number of hydrogen-bond acceptors (Lipinski definition) is 3. The van der Waals surface area contributed by atoms with Crippen LogP contribution in [0.4, 0.5) is 0 Å². The summed E-state index contributed by atoms with van der Waals surface area (Å²) in [6, 6.07) is 9.46. The highest BCUT2D eigenvalue weighted by molar-refractivity contribution is 5.97. The SMILES string of the molecule is COCCN(C)CC(C)C(=O)c1ccccc1. The number of methoxy groups -OCH3 is 1. The molecule has 0 spiro atoms. The lowest BCUT2D eigenvalue weighted by molar-refractivity contribution is 0.0887. The smallest absolute Gasteiger partial charge is 0.166 e. The molecule has 0 fully saturated rings. The average Bonchev–Trinajstić information content (AvgIpc) is 2.36. The highest BCUT2D eigenvalue weighted by Gasteiger charge is 2.16. The van der Waals surface area contributed by atoms with E-state index in [0.717, 1.165) is 18.7 Å². The van der Waals surface area contributed by atoms with Crippen LogP contribution in [0.1, 0.15) is 17.3 Å². The van der Waals surface area contributed by atoms with Gasteiger partial charge < -0.3 is 9.64 Å². The number of hydrogen-bond donors (Lipinski definition) is 0. The Labute approximate surface area is 103 Å². The summed E-state index contributed by atoms with van der Waals surface area (Å²) in [7, 11) is 3.69. The Morgan fingerprint density at radius 2 is 2.00 bits per heavy atom. The van der Waals surface area contributed by atoms with Gasteiger partial charge in [0.15, 0.2) is 5.78 Å². The molecule has 1 aromatic carbocycles. The lowest BCUT2D eigenvalue weighted by atomic mass is 9.99. The topological polar surface area (TPSA) is 29.5 Å². The summed E-state index contributed by atoms with van der Waals surface area (Å²) in [6.07, 6.45) is 0. The van der Waals surface area contributed by atoms with Gasteiger partial charge in [-0.15, -0.1) is 0 Å². The first kappa shape index (κ1) is 13.9. The number of likely N-dealkylation sites (N-methyl/N-ethyl adjacent to an activating group) is 1. The molecule has 0 bridgehead atoms. The molecule has 3 heteroatoms. The minimum atomic E-state index is 0.0132. The van der Waals surface area contributed by atoms with Gasteiger partial charge in [-0.2, -0.15) is 0 Å². The first-order valence-electron chi connectivity index (χ1n) is 5.92. The minimum Gasteiger partial charge on any atom is -0.383 e. The summed E-state index contributed by atoms with van der Waals surface area (Å²) in [4.78, 5) is 14.2. The number of carbonyl (C=O) groups excluding carboxylic acids is 1. The molecule has 0 aliphatic rings. The third-order valence-corrected chi connectivity index (χ3v) is 2.77. The van der Waals surface area contributed by atoms with E-state index in [4.69, 9.17) is 4.74 Å². The second kappa shape index (κ2) is 7.20. The zero-order chi connectivity index (χ0) is 12.7. The van der Waals surface area contributed by atoms with Crippen LogP contribution in [0, 0.1) is 5.92 Å². The zero-order valence-electron chi connectivity index (χ0n) is 10.8. The number of ketones is 1. The summed E-state index contributed by atoms with van der Waals surface area (Å²) in [5.74, 6) is 0.217. The van der Waals surface area contributed by atoms with E-state index in [2.05, 4.69) is 4.90 Å². The standard InChI is InChI=1S/C14H21NO2/c1-12(11-15(2)9-10-17-3)14(16)13-7-5-4-6-8-13/h4-8,12H,9-11H2,1-3H3. The van der Waals surface area contributed by atoms with Crippen molar-refractivity contribution in [3.8, 4) is 0 Å². The fourth-order valence-corrected chi connectivity index (χ4v) is 1.78. The lowest BCUT2D eigenvalue weighted by Gasteiger charge is -2.20. The summed E-state index contributed by atoms with van der Waals surface area (Å²) in [5.41, 5.74) is 0.792. The molecule has 94 valence electrons. The molecule has 0 aromatic heterocycles. The van der Waals surface area contributed by atoms with Crippen LogP contribution >= 0.6 is 0 Å². The van der Waals surface area contributed by atoms with Gasteiger partial charge in [0.05, 0.1) is 6.61 Å². The van der Waals surface area contributed by atoms with Gasteiger partial charge >= 0.3 is 0 Å². The largest absolute Gasteiger partial charge is 0.383 e. The van der Waals surface area contributed by atoms with Gasteiger partial charge in [0.25, 0.3) is 0 Å². The van der Waals surface area contributed by atoms with E-state index in [1.54, 1.807) is 7.11 Å². The van der Waals surface area contributed by atoms with Crippen molar-refractivity contribution in [2.45, 2.75) is 6.92 Å². The number of nitrogens with zero attached hydrogens (tertiary/aromatic N) is 1. The minimum absolute atomic E-state index is 0.0132. The monoisotopic (exact) mass is 235 g/mol. The van der Waals surface area contributed by atoms with Gasteiger partial charge in [-0.3, -0.25) is 4.79 Å². The second-order valence-electron chi connectivity index (χ2n) is 4.39. The molecular formula is C14H21NO2. The summed E-state index contributed by atoms with van der Waals surface area (Å²) >= 11 is 0. The van der Waals surface area contributed by atoms with Crippen LogP contribution in [0.3, 0.4) is 0 Å². The molecule has 0 saturated carbocycles. The van der Waals surface area contributed by atoms with Crippen LogP contribution in [0.5, 0.6) is 0 Å². The Bertz CT molecular complexity index is 337. The Morgan fingerprint density at radius 1 is 1.35 bits per heavy atom. The van der Waals surface area contributed by atoms with E-state index in [9.17, 15) is 4.79 Å². The fraction of sp³-hybridized carbons (Fsp3) is 0.500. The van der Waals surface area contributed by atoms with Gasteiger partial charge in [0, 0.05) is 31.7 Å². The van der Waals surface area contributed by atoms with Crippen LogP contribution in [0.2, 0.25) is 0 Å². The molecule has 1 rings (SSSR count). The van der Waals surface area contributed by atoms with Crippen LogP contribution in [0.15, 0.2) is 30.3 Å². The third-order valence-electron chi connectivity index (χ3n) is 2.77. The molecule has 3 nitrogen and oxygen atoms in total. The molecule has 0 aliphatic heterocycles. The maximum absolute atomic E-state index is 12.1. The number of carbonyl (C=O) groups is 1. The van der Waals surface area contributed by atoms with Crippen molar-refractivity contribution in [1.29, 1.82) is 0 Å². The van der Waals surface area contributed by atoms with Gasteiger partial charge in [-0.1, -0.05) is 37.3 Å². The van der Waals surface area contributed by atoms with Crippen molar-refractivity contribution in [3.05, 3.63) is 35.9 Å². The van der Waals surface area contributed by atoms with E-state index in [-0.39, 0.29) is 11.7 Å². The molecule has 17 heavy (non-hydrogen) atoms. The highest BCUT2D eigenvalue weighted by atomic mass is 16.5. The fourth-order valence-electron chi connectivity index (χ4n) is 1.78. The van der Waals surface area contributed by atoms with Gasteiger partial charge in [0.1, 0.15) is 0 Å². The highest BCUT2D eigenvalue weighted by Crippen LogP contribution is 2.09. The van der Waals surface area contributed by atoms with Gasteiger partial charge in [-0.05, 0) is 7.05 Å². The van der Waals surface area contributed by atoms with E-state index in [1.807, 2.05) is 44.3 Å². The normalized spacial score (nSPS) is 12.7. The lowest BCUT2D eigenvalue weighted by Crippen LogP contribution is -2.31.